The Bertz CT molecular complexity index is 591. The highest BCUT2D eigenvalue weighted by atomic mass is 33.1. The number of nitrogens with two attached hydrogens (primary N) is 1. The van der Waals surface area contributed by atoms with E-state index in [4.69, 9.17) is 15.9 Å². The van der Waals surface area contributed by atoms with Crippen LogP contribution in [0.5, 0.6) is 11.5 Å². The second kappa shape index (κ2) is 10.1. The van der Waals surface area contributed by atoms with E-state index in [0.717, 1.165) is 10.8 Å². The fourth-order valence-electron chi connectivity index (χ4n) is 1.53. The monoisotopic (exact) mass is 374 g/mol. The molecular weight excluding hydrogens is 356 g/mol. The quantitative estimate of drug-likeness (QED) is 0.229. The summed E-state index contributed by atoms with van der Waals surface area (Å²) in [7, 11) is 2.33. The number of carboxylic acid groups (broad SMARTS) is 2. The number of aliphatic imine (C=N–C) groups is 1. The number of carboxylic acids is 2. The summed E-state index contributed by atoms with van der Waals surface area (Å²) in [5.41, 5.74) is 5.60. The summed E-state index contributed by atoms with van der Waals surface area (Å²) >= 11 is 0. The summed E-state index contributed by atoms with van der Waals surface area (Å²) < 4.78 is 0. The van der Waals surface area contributed by atoms with Gasteiger partial charge in [-0.3, -0.25) is 9.79 Å². The van der Waals surface area contributed by atoms with E-state index < -0.39 is 24.0 Å². The third kappa shape index (κ3) is 6.69. The van der Waals surface area contributed by atoms with Crippen molar-refractivity contribution in [2.75, 3.05) is 11.5 Å². The van der Waals surface area contributed by atoms with Crippen molar-refractivity contribution in [3.05, 3.63) is 23.8 Å². The van der Waals surface area contributed by atoms with E-state index in [1.165, 1.54) is 35.2 Å². The Balaban J connectivity index is 2.51. The first kappa shape index (κ1) is 20.1. The molecule has 2 atom stereocenters. The number of nitrogens with zero attached hydrogens (tertiary/aromatic N) is 1. The van der Waals surface area contributed by atoms with Gasteiger partial charge in [-0.05, 0) is 12.1 Å². The first-order valence-electron chi connectivity index (χ1n) is 6.80. The maximum atomic E-state index is 11.2. The van der Waals surface area contributed by atoms with Crippen molar-refractivity contribution in [1.82, 2.24) is 0 Å². The number of hydrogen-bond donors (Lipinski definition) is 5. The highest BCUT2D eigenvalue weighted by molar-refractivity contribution is 8.76. The first-order chi connectivity index (χ1) is 11.3. The molecule has 0 aromatic heterocycles. The van der Waals surface area contributed by atoms with E-state index in [-0.39, 0.29) is 35.0 Å². The lowest BCUT2D eigenvalue weighted by Gasteiger charge is -2.09. The van der Waals surface area contributed by atoms with Crippen LogP contribution in [0.3, 0.4) is 0 Å². The molecule has 1 aromatic rings. The molecule has 0 spiro atoms. The zero-order valence-electron chi connectivity index (χ0n) is 12.5. The molecule has 0 heterocycles. The molecule has 0 radical (unpaired) electrons. The molecule has 132 valence electrons. The Morgan fingerprint density at radius 2 is 1.71 bits per heavy atom. The number of rotatable bonds is 10. The second-order valence-corrected chi connectivity index (χ2v) is 7.23. The molecule has 6 N–H and O–H groups in total. The maximum absolute atomic E-state index is 11.2. The smallest absolute Gasteiger partial charge is 0.329 e. The van der Waals surface area contributed by atoms with Crippen LogP contribution in [0, 0.1) is 0 Å². The summed E-state index contributed by atoms with van der Waals surface area (Å²) in [5.74, 6) is -2.14. The minimum Gasteiger partial charge on any atom is -0.508 e. The van der Waals surface area contributed by atoms with Crippen LogP contribution < -0.4 is 5.73 Å². The molecule has 24 heavy (non-hydrogen) atoms. The van der Waals surface area contributed by atoms with Crippen molar-refractivity contribution >= 4 is 39.7 Å². The summed E-state index contributed by atoms with van der Waals surface area (Å²) in [5, 5.41) is 37.0. The number of aliphatic carboxylic acids is 2. The van der Waals surface area contributed by atoms with Crippen LogP contribution in [0.2, 0.25) is 0 Å². The summed E-state index contributed by atoms with van der Waals surface area (Å²) in [6.45, 7) is 0. The Morgan fingerprint density at radius 1 is 1.12 bits per heavy atom. The maximum Gasteiger partial charge on any atom is 0.329 e. The second-order valence-electron chi connectivity index (χ2n) is 4.68. The Labute approximate surface area is 146 Å². The van der Waals surface area contributed by atoms with Gasteiger partial charge in [-0.15, -0.1) is 0 Å². The van der Waals surface area contributed by atoms with Crippen molar-refractivity contribution in [2.45, 2.75) is 18.5 Å². The van der Waals surface area contributed by atoms with Gasteiger partial charge in [0.15, 0.2) is 6.04 Å². The zero-order chi connectivity index (χ0) is 18.1. The molecule has 0 aliphatic rings. The van der Waals surface area contributed by atoms with Crippen LogP contribution in [0.4, 0.5) is 0 Å². The first-order valence-corrected chi connectivity index (χ1v) is 9.28. The molecule has 0 saturated heterocycles. The lowest BCUT2D eigenvalue weighted by atomic mass is 10.1. The predicted octanol–water partition coefficient (Wildman–Crippen LogP) is 0.958. The van der Waals surface area contributed by atoms with Crippen LogP contribution in [-0.4, -0.2) is 62.2 Å². The fourth-order valence-corrected chi connectivity index (χ4v) is 3.77. The van der Waals surface area contributed by atoms with Crippen molar-refractivity contribution in [3.63, 3.8) is 0 Å². The fraction of sp³-hybridized carbons (Fsp3) is 0.357. The highest BCUT2D eigenvalue weighted by Crippen LogP contribution is 2.26. The van der Waals surface area contributed by atoms with Crippen LogP contribution in [0.1, 0.15) is 5.56 Å². The molecular formula is C14H18N2O6S2. The lowest BCUT2D eigenvalue weighted by Crippen LogP contribution is -2.32. The number of phenolic OH excluding ortho intramolecular Hbond substituents is 2. The Morgan fingerprint density at radius 3 is 2.25 bits per heavy atom. The normalized spacial score (nSPS) is 13.7. The van der Waals surface area contributed by atoms with Gasteiger partial charge in [0.1, 0.15) is 17.5 Å². The number of aromatic hydroxyl groups is 2. The van der Waals surface area contributed by atoms with E-state index in [2.05, 4.69) is 4.99 Å². The lowest BCUT2D eigenvalue weighted by molar-refractivity contribution is -0.138. The summed E-state index contributed by atoms with van der Waals surface area (Å²) in [4.78, 5) is 25.6. The molecule has 0 saturated carbocycles. The molecule has 1 rings (SSSR count). The van der Waals surface area contributed by atoms with Gasteiger partial charge < -0.3 is 26.2 Å². The van der Waals surface area contributed by atoms with Gasteiger partial charge >= 0.3 is 11.9 Å². The molecule has 1 aromatic carbocycles. The molecule has 0 aliphatic carbocycles. The van der Waals surface area contributed by atoms with Gasteiger partial charge in [0.2, 0.25) is 0 Å². The van der Waals surface area contributed by atoms with E-state index in [1.807, 2.05) is 0 Å². The van der Waals surface area contributed by atoms with Gasteiger partial charge in [-0.1, -0.05) is 27.7 Å². The average Bonchev–Trinajstić information content (AvgIpc) is 2.51. The Kier molecular flexibility index (Phi) is 8.44. The number of benzene rings is 1. The predicted molar refractivity (Wildman–Crippen MR) is 93.9 cm³/mol. The van der Waals surface area contributed by atoms with E-state index in [0.29, 0.717) is 0 Å². The van der Waals surface area contributed by atoms with E-state index in [1.54, 1.807) is 0 Å². The SMILES string of the molecule is NC(CSSC[C@H](N=CCc1c(O)cccc1O)C(=O)O)C(=O)O. The zero-order valence-corrected chi connectivity index (χ0v) is 14.2. The molecule has 0 fully saturated rings. The van der Waals surface area contributed by atoms with Gasteiger partial charge in [-0.2, -0.15) is 0 Å². The van der Waals surface area contributed by atoms with Crippen molar-refractivity contribution in [2.24, 2.45) is 10.7 Å². The van der Waals surface area contributed by atoms with Crippen molar-refractivity contribution in [3.8, 4) is 11.5 Å². The topological polar surface area (TPSA) is 153 Å². The van der Waals surface area contributed by atoms with Crippen LogP contribution in [0.15, 0.2) is 23.2 Å². The van der Waals surface area contributed by atoms with Crippen LogP contribution >= 0.6 is 21.6 Å². The average molecular weight is 374 g/mol. The van der Waals surface area contributed by atoms with E-state index in [9.17, 15) is 19.8 Å². The molecule has 8 nitrogen and oxygen atoms in total. The minimum atomic E-state index is -1.12. The number of phenols is 2. The Hall–Kier alpha value is -1.91. The van der Waals surface area contributed by atoms with Crippen LogP contribution in [0.25, 0.3) is 0 Å². The van der Waals surface area contributed by atoms with Gasteiger partial charge in [0.05, 0.1) is 0 Å². The van der Waals surface area contributed by atoms with Crippen molar-refractivity contribution in [1.29, 1.82) is 0 Å². The minimum absolute atomic E-state index is 0.0873. The third-order valence-corrected chi connectivity index (χ3v) is 5.30. The molecule has 1 unspecified atom stereocenters. The van der Waals surface area contributed by atoms with Gasteiger partial charge in [0.25, 0.3) is 0 Å². The van der Waals surface area contributed by atoms with E-state index >= 15 is 0 Å². The largest absolute Gasteiger partial charge is 0.508 e. The van der Waals surface area contributed by atoms with Gasteiger partial charge in [0, 0.05) is 29.7 Å². The summed E-state index contributed by atoms with van der Waals surface area (Å²) in [6, 6.07) is 2.29. The highest BCUT2D eigenvalue weighted by Gasteiger charge is 2.17. The summed E-state index contributed by atoms with van der Waals surface area (Å²) in [6.07, 6.45) is 1.41. The van der Waals surface area contributed by atoms with Crippen LogP contribution in [-0.2, 0) is 16.0 Å². The third-order valence-electron chi connectivity index (χ3n) is 2.87. The molecule has 10 heteroatoms. The molecule has 0 bridgehead atoms. The van der Waals surface area contributed by atoms with Gasteiger partial charge in [-0.25, -0.2) is 4.79 Å². The molecule has 0 aliphatic heterocycles. The molecule has 0 amide bonds. The number of carbonyl (C=O) groups is 2. The standard InChI is InChI=1S/C14H18N2O6S2/c15-9(13(19)20)6-23-24-7-10(14(21)22)16-5-4-8-11(17)2-1-3-12(8)18/h1-3,5,9-10,17-18H,4,6-7,15H2,(H,19,20)(H,21,22)/t9?,10-/m0/s1. The number of hydrogen-bond acceptors (Lipinski definition) is 8. The van der Waals surface area contributed by atoms with Crippen molar-refractivity contribution < 1.29 is 30.0 Å².